The summed E-state index contributed by atoms with van der Waals surface area (Å²) < 4.78 is 0. The van der Waals surface area contributed by atoms with Gasteiger partial charge in [0.25, 0.3) is 0 Å². The highest BCUT2D eigenvalue weighted by Gasteiger charge is 2.46. The van der Waals surface area contributed by atoms with Crippen LogP contribution in [0.25, 0.3) is 0 Å². The molecular formula is C16H19ClO2S. The molecule has 1 saturated heterocycles. The lowest BCUT2D eigenvalue weighted by atomic mass is 9.64. The van der Waals surface area contributed by atoms with Gasteiger partial charge in [-0.1, -0.05) is 30.2 Å². The van der Waals surface area contributed by atoms with Crippen molar-refractivity contribution >= 4 is 29.3 Å². The molecule has 20 heavy (non-hydrogen) atoms. The van der Waals surface area contributed by atoms with Crippen LogP contribution in [0.4, 0.5) is 0 Å². The summed E-state index contributed by atoms with van der Waals surface area (Å²) in [7, 11) is 0. The molecule has 0 bridgehead atoms. The number of hydrogen-bond donors (Lipinski definition) is 1. The largest absolute Gasteiger partial charge is 0.481 e. The fraction of sp³-hybridized carbons (Fsp3) is 0.562. The molecule has 0 atom stereocenters. The quantitative estimate of drug-likeness (QED) is 0.895. The number of carboxylic acids is 1. The number of carboxylic acid groups (broad SMARTS) is 1. The summed E-state index contributed by atoms with van der Waals surface area (Å²) in [6.45, 7) is 0. The predicted molar refractivity (Wildman–Crippen MR) is 83.9 cm³/mol. The van der Waals surface area contributed by atoms with Crippen LogP contribution in [0.5, 0.6) is 0 Å². The SMILES string of the molecule is O=C(O)C1(c2ccc(C3CCSCC3)c(Cl)c2)CCC1. The highest BCUT2D eigenvalue weighted by Crippen LogP contribution is 2.46. The Morgan fingerprint density at radius 1 is 1.30 bits per heavy atom. The van der Waals surface area contributed by atoms with Crippen LogP contribution in [0, 0.1) is 0 Å². The molecule has 2 aliphatic rings. The van der Waals surface area contributed by atoms with Crippen LogP contribution < -0.4 is 0 Å². The summed E-state index contributed by atoms with van der Waals surface area (Å²) in [5.74, 6) is 2.23. The molecule has 1 aromatic carbocycles. The molecule has 0 radical (unpaired) electrons. The van der Waals surface area contributed by atoms with E-state index in [1.54, 1.807) is 0 Å². The van der Waals surface area contributed by atoms with Crippen LogP contribution in [0.2, 0.25) is 5.02 Å². The van der Waals surface area contributed by atoms with Gasteiger partial charge < -0.3 is 5.11 Å². The second-order valence-corrected chi connectivity index (χ2v) is 7.50. The molecule has 3 rings (SSSR count). The Hall–Kier alpha value is -0.670. The lowest BCUT2D eigenvalue weighted by Crippen LogP contribution is -2.42. The van der Waals surface area contributed by atoms with Crippen molar-refractivity contribution in [2.24, 2.45) is 0 Å². The van der Waals surface area contributed by atoms with Gasteiger partial charge >= 0.3 is 5.97 Å². The van der Waals surface area contributed by atoms with Gasteiger partial charge in [-0.05, 0) is 60.3 Å². The van der Waals surface area contributed by atoms with Crippen molar-refractivity contribution in [3.63, 3.8) is 0 Å². The second-order valence-electron chi connectivity index (χ2n) is 5.86. The zero-order valence-electron chi connectivity index (χ0n) is 11.4. The van der Waals surface area contributed by atoms with Gasteiger partial charge in [-0.2, -0.15) is 11.8 Å². The molecule has 108 valence electrons. The molecule has 1 saturated carbocycles. The van der Waals surface area contributed by atoms with E-state index in [2.05, 4.69) is 6.07 Å². The fourth-order valence-corrected chi connectivity index (χ4v) is 4.76. The Morgan fingerprint density at radius 2 is 2.00 bits per heavy atom. The van der Waals surface area contributed by atoms with Gasteiger partial charge in [0, 0.05) is 5.02 Å². The molecule has 1 heterocycles. The van der Waals surface area contributed by atoms with Crippen molar-refractivity contribution in [1.82, 2.24) is 0 Å². The van der Waals surface area contributed by atoms with Crippen molar-refractivity contribution in [2.75, 3.05) is 11.5 Å². The molecule has 1 aromatic rings. The zero-order chi connectivity index (χ0) is 14.2. The Balaban J connectivity index is 1.89. The van der Waals surface area contributed by atoms with Gasteiger partial charge in [0.15, 0.2) is 0 Å². The number of halogens is 1. The lowest BCUT2D eigenvalue weighted by molar-refractivity contribution is -0.147. The standard InChI is InChI=1S/C16H19ClO2S/c17-14-10-12(16(15(18)19)6-1-7-16)2-3-13(14)11-4-8-20-9-5-11/h2-3,10-11H,1,4-9H2,(H,18,19). The highest BCUT2D eigenvalue weighted by atomic mass is 35.5. The van der Waals surface area contributed by atoms with Gasteiger partial charge in [0.1, 0.15) is 0 Å². The van der Waals surface area contributed by atoms with E-state index in [9.17, 15) is 9.90 Å². The zero-order valence-corrected chi connectivity index (χ0v) is 13.0. The minimum Gasteiger partial charge on any atom is -0.481 e. The number of benzene rings is 1. The van der Waals surface area contributed by atoms with E-state index in [1.165, 1.54) is 29.9 Å². The Bertz CT molecular complexity index is 519. The molecule has 0 aromatic heterocycles. The molecule has 2 fully saturated rings. The lowest BCUT2D eigenvalue weighted by Gasteiger charge is -2.38. The molecule has 1 N–H and O–H groups in total. The fourth-order valence-electron chi connectivity index (χ4n) is 3.32. The summed E-state index contributed by atoms with van der Waals surface area (Å²) in [5.41, 5.74) is 1.41. The second kappa shape index (κ2) is 5.61. The molecule has 0 amide bonds. The van der Waals surface area contributed by atoms with Crippen LogP contribution in [0.3, 0.4) is 0 Å². The van der Waals surface area contributed by atoms with E-state index >= 15 is 0 Å². The molecule has 1 aliphatic heterocycles. The number of thioether (sulfide) groups is 1. The number of hydrogen-bond acceptors (Lipinski definition) is 2. The molecule has 4 heteroatoms. The van der Waals surface area contributed by atoms with E-state index in [0.717, 1.165) is 29.8 Å². The van der Waals surface area contributed by atoms with Gasteiger partial charge in [0.2, 0.25) is 0 Å². The number of aliphatic carboxylic acids is 1. The van der Waals surface area contributed by atoms with Crippen molar-refractivity contribution in [1.29, 1.82) is 0 Å². The molecular weight excluding hydrogens is 292 g/mol. The minimum absolute atomic E-state index is 0.542. The first-order valence-electron chi connectivity index (χ1n) is 7.24. The van der Waals surface area contributed by atoms with Crippen LogP contribution in [0.15, 0.2) is 18.2 Å². The van der Waals surface area contributed by atoms with Crippen LogP contribution in [0.1, 0.15) is 49.1 Å². The number of rotatable bonds is 3. The van der Waals surface area contributed by atoms with Crippen molar-refractivity contribution in [3.05, 3.63) is 34.3 Å². The maximum Gasteiger partial charge on any atom is 0.314 e. The molecule has 2 nitrogen and oxygen atoms in total. The molecule has 0 spiro atoms. The maximum atomic E-state index is 11.6. The maximum absolute atomic E-state index is 11.6. The molecule has 0 unspecified atom stereocenters. The van der Waals surface area contributed by atoms with Gasteiger partial charge in [0.05, 0.1) is 5.41 Å². The average molecular weight is 311 g/mol. The number of carbonyl (C=O) groups is 1. The molecule has 1 aliphatic carbocycles. The Morgan fingerprint density at radius 3 is 2.50 bits per heavy atom. The summed E-state index contributed by atoms with van der Waals surface area (Å²) >= 11 is 8.46. The van der Waals surface area contributed by atoms with Gasteiger partial charge in [-0.25, -0.2) is 0 Å². The first-order chi connectivity index (χ1) is 9.63. The summed E-state index contributed by atoms with van der Waals surface area (Å²) in [6, 6.07) is 5.98. The van der Waals surface area contributed by atoms with E-state index in [0.29, 0.717) is 5.92 Å². The normalized spacial score (nSPS) is 22.2. The summed E-state index contributed by atoms with van der Waals surface area (Å²) in [6.07, 6.45) is 4.81. The van der Waals surface area contributed by atoms with Crippen molar-refractivity contribution < 1.29 is 9.90 Å². The van der Waals surface area contributed by atoms with E-state index in [4.69, 9.17) is 11.6 Å². The first kappa shape index (κ1) is 14.3. The Kier molecular flexibility index (Phi) is 4.00. The van der Waals surface area contributed by atoms with Crippen molar-refractivity contribution in [3.8, 4) is 0 Å². The summed E-state index contributed by atoms with van der Waals surface area (Å²) in [4.78, 5) is 11.6. The monoisotopic (exact) mass is 310 g/mol. The topological polar surface area (TPSA) is 37.3 Å². The third-order valence-electron chi connectivity index (χ3n) is 4.83. The third kappa shape index (κ3) is 2.35. The van der Waals surface area contributed by atoms with Gasteiger partial charge in [-0.15, -0.1) is 0 Å². The third-order valence-corrected chi connectivity index (χ3v) is 6.21. The van der Waals surface area contributed by atoms with Crippen molar-refractivity contribution in [2.45, 2.75) is 43.4 Å². The smallest absolute Gasteiger partial charge is 0.314 e. The van der Waals surface area contributed by atoms with E-state index in [-0.39, 0.29) is 0 Å². The van der Waals surface area contributed by atoms with Crippen LogP contribution in [-0.4, -0.2) is 22.6 Å². The van der Waals surface area contributed by atoms with Gasteiger partial charge in [-0.3, -0.25) is 4.79 Å². The van der Waals surface area contributed by atoms with E-state index in [1.807, 2.05) is 23.9 Å². The first-order valence-corrected chi connectivity index (χ1v) is 8.78. The summed E-state index contributed by atoms with van der Waals surface area (Å²) in [5, 5.41) is 10.3. The van der Waals surface area contributed by atoms with Crippen LogP contribution in [-0.2, 0) is 10.2 Å². The van der Waals surface area contributed by atoms with E-state index < -0.39 is 11.4 Å². The Labute approximate surface area is 128 Å². The van der Waals surface area contributed by atoms with Crippen LogP contribution >= 0.6 is 23.4 Å². The minimum atomic E-state index is -0.707. The predicted octanol–water partition coefficient (Wildman–Crippen LogP) is 4.46. The highest BCUT2D eigenvalue weighted by molar-refractivity contribution is 7.99. The average Bonchev–Trinajstić information content (AvgIpc) is 2.38.